The first kappa shape index (κ1) is 11.6. The molecule has 3 heterocycles. The fourth-order valence-corrected chi connectivity index (χ4v) is 2.18. The molecular formula is C14H15N5. The second-order valence-electron chi connectivity index (χ2n) is 4.69. The summed E-state index contributed by atoms with van der Waals surface area (Å²) in [5.41, 5.74) is 8.27. The Labute approximate surface area is 111 Å². The average molecular weight is 253 g/mol. The van der Waals surface area contributed by atoms with Gasteiger partial charge in [-0.05, 0) is 38.1 Å². The molecule has 0 aliphatic heterocycles. The molecule has 0 amide bonds. The van der Waals surface area contributed by atoms with E-state index in [-0.39, 0.29) is 6.04 Å². The Balaban J connectivity index is 2.31. The minimum atomic E-state index is 0.248. The molecule has 3 rings (SSSR count). The quantitative estimate of drug-likeness (QED) is 0.762. The molecule has 0 unspecified atom stereocenters. The third kappa shape index (κ3) is 1.93. The van der Waals surface area contributed by atoms with Crippen molar-refractivity contribution in [1.29, 1.82) is 0 Å². The van der Waals surface area contributed by atoms with Crippen LogP contribution in [0.1, 0.15) is 19.9 Å². The smallest absolute Gasteiger partial charge is 0.161 e. The first-order valence-electron chi connectivity index (χ1n) is 6.22. The third-order valence-corrected chi connectivity index (χ3v) is 2.96. The Hall–Kier alpha value is -2.43. The normalized spacial score (nSPS) is 11.3. The molecule has 0 saturated carbocycles. The van der Waals surface area contributed by atoms with E-state index in [9.17, 15) is 0 Å². The molecule has 0 spiro atoms. The molecule has 0 atom stereocenters. The number of pyridine rings is 2. The van der Waals surface area contributed by atoms with Gasteiger partial charge in [-0.1, -0.05) is 6.07 Å². The number of nitrogens with two attached hydrogens (primary N) is 1. The van der Waals surface area contributed by atoms with Crippen molar-refractivity contribution in [2.45, 2.75) is 19.9 Å². The van der Waals surface area contributed by atoms with Crippen LogP contribution in [0.2, 0.25) is 0 Å². The highest BCUT2D eigenvalue weighted by molar-refractivity contribution is 5.76. The van der Waals surface area contributed by atoms with E-state index in [4.69, 9.17) is 5.73 Å². The predicted octanol–water partition coefficient (Wildman–Crippen LogP) is 2.66. The van der Waals surface area contributed by atoms with Crippen LogP contribution in [0.3, 0.4) is 0 Å². The number of aromatic nitrogens is 4. The Morgan fingerprint density at radius 3 is 2.68 bits per heavy atom. The zero-order chi connectivity index (χ0) is 13.4. The molecule has 0 bridgehead atoms. The van der Waals surface area contributed by atoms with Gasteiger partial charge in [0.25, 0.3) is 0 Å². The zero-order valence-corrected chi connectivity index (χ0v) is 10.9. The highest BCUT2D eigenvalue weighted by Gasteiger charge is 2.16. The lowest BCUT2D eigenvalue weighted by atomic mass is 10.3. The topological polar surface area (TPSA) is 69.6 Å². The molecule has 2 N–H and O–H groups in total. The fourth-order valence-electron chi connectivity index (χ4n) is 2.18. The first-order chi connectivity index (χ1) is 9.16. The van der Waals surface area contributed by atoms with Crippen LogP contribution >= 0.6 is 0 Å². The summed E-state index contributed by atoms with van der Waals surface area (Å²) in [5.74, 6) is 1.30. The second kappa shape index (κ2) is 4.35. The fraction of sp³-hybridized carbons (Fsp3) is 0.214. The number of rotatable bonds is 2. The van der Waals surface area contributed by atoms with Crippen LogP contribution in [-0.2, 0) is 0 Å². The molecule has 3 aromatic rings. The van der Waals surface area contributed by atoms with Gasteiger partial charge in [-0.25, -0.2) is 15.0 Å². The summed E-state index contributed by atoms with van der Waals surface area (Å²) in [6.45, 7) is 4.21. The van der Waals surface area contributed by atoms with E-state index in [0.717, 1.165) is 22.7 Å². The van der Waals surface area contributed by atoms with Gasteiger partial charge >= 0.3 is 0 Å². The SMILES string of the molecule is CC(C)n1c(-c2cccc(N)n2)nc2cccnc21. The van der Waals surface area contributed by atoms with Crippen LogP contribution in [0.5, 0.6) is 0 Å². The van der Waals surface area contributed by atoms with Crippen molar-refractivity contribution in [1.82, 2.24) is 19.5 Å². The van der Waals surface area contributed by atoms with E-state index in [2.05, 4.69) is 33.4 Å². The van der Waals surface area contributed by atoms with E-state index in [0.29, 0.717) is 5.82 Å². The summed E-state index contributed by atoms with van der Waals surface area (Å²) in [6.07, 6.45) is 1.78. The summed E-state index contributed by atoms with van der Waals surface area (Å²) < 4.78 is 2.08. The van der Waals surface area contributed by atoms with E-state index in [1.807, 2.05) is 24.3 Å². The third-order valence-electron chi connectivity index (χ3n) is 2.96. The molecule has 3 aromatic heterocycles. The summed E-state index contributed by atoms with van der Waals surface area (Å²) in [5, 5.41) is 0. The Morgan fingerprint density at radius 1 is 1.11 bits per heavy atom. The molecule has 5 nitrogen and oxygen atoms in total. The van der Waals surface area contributed by atoms with Crippen molar-refractivity contribution < 1.29 is 0 Å². The Kier molecular flexibility index (Phi) is 2.67. The van der Waals surface area contributed by atoms with Gasteiger partial charge in [0.05, 0.1) is 0 Å². The van der Waals surface area contributed by atoms with Gasteiger partial charge in [-0.3, -0.25) is 0 Å². The maximum absolute atomic E-state index is 5.75. The Bertz CT molecular complexity index is 730. The number of hydrogen-bond acceptors (Lipinski definition) is 4. The second-order valence-corrected chi connectivity index (χ2v) is 4.69. The summed E-state index contributed by atoms with van der Waals surface area (Å²) in [6, 6.07) is 9.65. The first-order valence-corrected chi connectivity index (χ1v) is 6.22. The maximum Gasteiger partial charge on any atom is 0.161 e. The van der Waals surface area contributed by atoms with Gasteiger partial charge in [-0.2, -0.15) is 0 Å². The highest BCUT2D eigenvalue weighted by atomic mass is 15.2. The number of anilines is 1. The van der Waals surface area contributed by atoms with Crippen molar-refractivity contribution in [2.75, 3.05) is 5.73 Å². The molecule has 5 heteroatoms. The Morgan fingerprint density at radius 2 is 1.95 bits per heavy atom. The standard InChI is InChI=1S/C14H15N5/c1-9(2)19-13-10(6-4-8-16-13)18-14(19)11-5-3-7-12(15)17-11/h3-9H,1-2H3,(H2,15,17). The lowest BCUT2D eigenvalue weighted by Crippen LogP contribution is -2.05. The van der Waals surface area contributed by atoms with Gasteiger partial charge in [-0.15, -0.1) is 0 Å². The monoisotopic (exact) mass is 253 g/mol. The lowest BCUT2D eigenvalue weighted by Gasteiger charge is -2.11. The zero-order valence-electron chi connectivity index (χ0n) is 10.9. The number of imidazole rings is 1. The van der Waals surface area contributed by atoms with Gasteiger partial charge in [0.1, 0.15) is 17.0 Å². The van der Waals surface area contributed by atoms with Gasteiger partial charge in [0.15, 0.2) is 11.5 Å². The van der Waals surface area contributed by atoms with Crippen molar-refractivity contribution in [3.8, 4) is 11.5 Å². The highest BCUT2D eigenvalue weighted by Crippen LogP contribution is 2.26. The van der Waals surface area contributed by atoms with Gasteiger partial charge in [0, 0.05) is 12.2 Å². The van der Waals surface area contributed by atoms with Crippen LogP contribution in [0.4, 0.5) is 5.82 Å². The van der Waals surface area contributed by atoms with E-state index < -0.39 is 0 Å². The predicted molar refractivity (Wildman–Crippen MR) is 75.6 cm³/mol. The molecule has 19 heavy (non-hydrogen) atoms. The maximum atomic E-state index is 5.75. The summed E-state index contributed by atoms with van der Waals surface area (Å²) in [4.78, 5) is 13.4. The number of nitrogens with zero attached hydrogens (tertiary/aromatic N) is 4. The molecular weight excluding hydrogens is 238 g/mol. The largest absolute Gasteiger partial charge is 0.384 e. The van der Waals surface area contributed by atoms with Gasteiger partial charge in [0.2, 0.25) is 0 Å². The van der Waals surface area contributed by atoms with Crippen LogP contribution in [0.25, 0.3) is 22.7 Å². The molecule has 96 valence electrons. The van der Waals surface area contributed by atoms with Crippen molar-refractivity contribution in [3.05, 3.63) is 36.5 Å². The van der Waals surface area contributed by atoms with Crippen LogP contribution in [0, 0.1) is 0 Å². The van der Waals surface area contributed by atoms with Crippen LogP contribution < -0.4 is 5.73 Å². The van der Waals surface area contributed by atoms with Crippen molar-refractivity contribution in [3.63, 3.8) is 0 Å². The summed E-state index contributed by atoms with van der Waals surface area (Å²) >= 11 is 0. The minimum absolute atomic E-state index is 0.248. The van der Waals surface area contributed by atoms with E-state index >= 15 is 0 Å². The molecule has 0 aliphatic carbocycles. The number of fused-ring (bicyclic) bond motifs is 1. The molecule has 0 saturated heterocycles. The number of hydrogen-bond donors (Lipinski definition) is 1. The average Bonchev–Trinajstić information content (AvgIpc) is 2.78. The lowest BCUT2D eigenvalue weighted by molar-refractivity contribution is 0.618. The molecule has 0 aliphatic rings. The molecule has 0 fully saturated rings. The van der Waals surface area contributed by atoms with Gasteiger partial charge < -0.3 is 10.3 Å². The van der Waals surface area contributed by atoms with Crippen LogP contribution in [-0.4, -0.2) is 19.5 Å². The van der Waals surface area contributed by atoms with Crippen molar-refractivity contribution in [2.24, 2.45) is 0 Å². The minimum Gasteiger partial charge on any atom is -0.384 e. The summed E-state index contributed by atoms with van der Waals surface area (Å²) in [7, 11) is 0. The molecule has 0 radical (unpaired) electrons. The van der Waals surface area contributed by atoms with E-state index in [1.165, 1.54) is 0 Å². The van der Waals surface area contributed by atoms with E-state index in [1.54, 1.807) is 12.3 Å². The van der Waals surface area contributed by atoms with Crippen molar-refractivity contribution >= 4 is 17.0 Å². The molecule has 0 aromatic carbocycles. The van der Waals surface area contributed by atoms with Crippen LogP contribution in [0.15, 0.2) is 36.5 Å². The number of nitrogen functional groups attached to an aromatic ring is 1.